The number of nitrogens with zero attached hydrogens (tertiary/aromatic N) is 2. The van der Waals surface area contributed by atoms with Gasteiger partial charge in [-0.05, 0) is 35.0 Å². The molecule has 2 aromatic rings. The van der Waals surface area contributed by atoms with Gasteiger partial charge in [0.1, 0.15) is 5.56 Å². The van der Waals surface area contributed by atoms with Gasteiger partial charge in [-0.2, -0.15) is 0 Å². The van der Waals surface area contributed by atoms with Gasteiger partial charge in [-0.15, -0.1) is 0 Å². The molecule has 3 rings (SSSR count). The lowest BCUT2D eigenvalue weighted by molar-refractivity contribution is 0.0957. The molecule has 2 aromatic heterocycles. The van der Waals surface area contributed by atoms with Gasteiger partial charge in [0.15, 0.2) is 11.2 Å². The van der Waals surface area contributed by atoms with Gasteiger partial charge < -0.3 is 28.6 Å². The van der Waals surface area contributed by atoms with Crippen LogP contribution in [0, 0.1) is 5.92 Å². The number of ether oxygens (including phenoxy) is 3. The SMILES string of the molecule is COCCCOc1cc2c(nc1OC)-c1cc(=O)c(C(=O)NCS(=O)[O-])cn1[C@H](C(C)C)C2. The van der Waals surface area contributed by atoms with Gasteiger partial charge in [-0.1, -0.05) is 13.8 Å². The number of amides is 1. The summed E-state index contributed by atoms with van der Waals surface area (Å²) in [5.41, 5.74) is 1.41. The van der Waals surface area contributed by atoms with E-state index in [1.165, 1.54) is 19.4 Å². The fourth-order valence-corrected chi connectivity index (χ4v) is 4.06. The number of aromatic nitrogens is 2. The standard InChI is InChI=1S/C22H29N3O7S/c1-13(2)16-8-14-9-19(32-7-5-6-30-3)22(31-4)24-20(14)17-10-18(26)15(11-25(16)17)21(27)23-12-33(28)29/h9-11,13,16H,5-8,12H2,1-4H3,(H,23,27)(H,28,29)/p-1/t16-/m0/s1. The van der Waals surface area contributed by atoms with Crippen molar-refractivity contribution in [3.05, 3.63) is 39.7 Å². The first-order valence-electron chi connectivity index (χ1n) is 10.6. The predicted octanol–water partition coefficient (Wildman–Crippen LogP) is 1.65. The number of fused-ring (bicyclic) bond motifs is 3. The summed E-state index contributed by atoms with van der Waals surface area (Å²) in [6.45, 7) is 5.13. The van der Waals surface area contributed by atoms with Gasteiger partial charge >= 0.3 is 0 Å². The molecule has 0 bridgehead atoms. The monoisotopic (exact) mass is 478 g/mol. The number of carbonyl (C=O) groups is 1. The van der Waals surface area contributed by atoms with E-state index in [-0.39, 0.29) is 17.5 Å². The van der Waals surface area contributed by atoms with Gasteiger partial charge in [0.2, 0.25) is 0 Å². The molecule has 0 aromatic carbocycles. The van der Waals surface area contributed by atoms with Crippen LogP contribution in [-0.4, -0.2) is 57.5 Å². The van der Waals surface area contributed by atoms with Crippen molar-refractivity contribution in [3.63, 3.8) is 0 Å². The molecule has 1 amide bonds. The molecule has 0 spiro atoms. The first-order chi connectivity index (χ1) is 15.8. The number of carbonyl (C=O) groups excluding carboxylic acids is 1. The van der Waals surface area contributed by atoms with Crippen molar-refractivity contribution in [2.45, 2.75) is 32.7 Å². The molecule has 0 aliphatic carbocycles. The molecule has 1 N–H and O–H groups in total. The van der Waals surface area contributed by atoms with Crippen LogP contribution in [0.25, 0.3) is 11.4 Å². The van der Waals surface area contributed by atoms with Crippen molar-refractivity contribution in [1.82, 2.24) is 14.9 Å². The van der Waals surface area contributed by atoms with Gasteiger partial charge in [-0.25, -0.2) is 4.98 Å². The van der Waals surface area contributed by atoms with Crippen molar-refractivity contribution in [1.29, 1.82) is 0 Å². The third-order valence-corrected chi connectivity index (χ3v) is 5.83. The first kappa shape index (κ1) is 24.9. The maximum Gasteiger partial charge on any atom is 0.257 e. The van der Waals surface area contributed by atoms with Crippen LogP contribution < -0.4 is 20.2 Å². The number of hydrogen-bond donors (Lipinski definition) is 1. The Labute approximate surface area is 194 Å². The van der Waals surface area contributed by atoms with Crippen LogP contribution in [0.3, 0.4) is 0 Å². The Bertz CT molecular complexity index is 1100. The Morgan fingerprint density at radius 2 is 2.09 bits per heavy atom. The number of hydrogen-bond acceptors (Lipinski definition) is 8. The normalized spacial score (nSPS) is 15.5. The maximum absolute atomic E-state index is 12.8. The summed E-state index contributed by atoms with van der Waals surface area (Å²) in [6, 6.07) is 3.20. The molecule has 2 atom stereocenters. The summed E-state index contributed by atoms with van der Waals surface area (Å²) in [5.74, 6) is -0.307. The topological polar surface area (TPSA) is 132 Å². The highest BCUT2D eigenvalue weighted by Crippen LogP contribution is 2.40. The Morgan fingerprint density at radius 3 is 2.73 bits per heavy atom. The second-order valence-corrected chi connectivity index (χ2v) is 8.91. The fraction of sp³-hybridized carbons (Fsp3) is 0.500. The van der Waals surface area contributed by atoms with Gasteiger partial charge in [0.25, 0.3) is 11.8 Å². The molecule has 0 radical (unpaired) electrons. The average Bonchev–Trinajstić information content (AvgIpc) is 2.78. The summed E-state index contributed by atoms with van der Waals surface area (Å²) >= 11 is -2.46. The minimum Gasteiger partial charge on any atom is -0.771 e. The number of methoxy groups -OCH3 is 2. The molecule has 1 aliphatic rings. The van der Waals surface area contributed by atoms with E-state index in [4.69, 9.17) is 14.2 Å². The van der Waals surface area contributed by atoms with Crippen LogP contribution in [-0.2, 0) is 22.2 Å². The Hall–Kier alpha value is -2.76. The van der Waals surface area contributed by atoms with E-state index in [9.17, 15) is 18.4 Å². The average molecular weight is 479 g/mol. The predicted molar refractivity (Wildman–Crippen MR) is 121 cm³/mol. The minimum absolute atomic E-state index is 0.0511. The zero-order valence-electron chi connectivity index (χ0n) is 19.1. The zero-order chi connectivity index (χ0) is 24.1. The highest BCUT2D eigenvalue weighted by molar-refractivity contribution is 7.79. The number of pyridine rings is 2. The lowest BCUT2D eigenvalue weighted by Gasteiger charge is -2.33. The second-order valence-electron chi connectivity index (χ2n) is 8.01. The summed E-state index contributed by atoms with van der Waals surface area (Å²) in [5, 5.41) is 2.24. The molecule has 33 heavy (non-hydrogen) atoms. The van der Waals surface area contributed by atoms with E-state index in [1.807, 2.05) is 10.6 Å². The van der Waals surface area contributed by atoms with Crippen molar-refractivity contribution < 1.29 is 27.8 Å². The van der Waals surface area contributed by atoms with Gasteiger partial charge in [0.05, 0.1) is 31.0 Å². The van der Waals surface area contributed by atoms with Crippen LogP contribution >= 0.6 is 0 Å². The third kappa shape index (κ3) is 5.60. The molecule has 180 valence electrons. The molecule has 11 heteroatoms. The molecule has 3 heterocycles. The molecule has 0 fully saturated rings. The maximum atomic E-state index is 12.8. The van der Waals surface area contributed by atoms with E-state index in [1.54, 1.807) is 7.11 Å². The largest absolute Gasteiger partial charge is 0.771 e. The summed E-state index contributed by atoms with van der Waals surface area (Å²) in [6.07, 6.45) is 2.81. The first-order valence-corrected chi connectivity index (χ1v) is 11.8. The van der Waals surface area contributed by atoms with E-state index < -0.39 is 28.3 Å². The Kier molecular flexibility index (Phi) is 8.22. The smallest absolute Gasteiger partial charge is 0.257 e. The van der Waals surface area contributed by atoms with Crippen molar-refractivity contribution >= 4 is 17.0 Å². The number of nitrogens with one attached hydrogen (secondary N) is 1. The van der Waals surface area contributed by atoms with Crippen molar-refractivity contribution in [3.8, 4) is 23.0 Å². The van der Waals surface area contributed by atoms with Crippen molar-refractivity contribution in [2.75, 3.05) is 33.3 Å². The molecule has 0 saturated heterocycles. The van der Waals surface area contributed by atoms with E-state index in [2.05, 4.69) is 24.1 Å². The van der Waals surface area contributed by atoms with Crippen LogP contribution in [0.5, 0.6) is 11.6 Å². The van der Waals surface area contributed by atoms with E-state index in [0.29, 0.717) is 49.1 Å². The van der Waals surface area contributed by atoms with E-state index >= 15 is 0 Å². The lowest BCUT2D eigenvalue weighted by Crippen LogP contribution is -2.34. The Balaban J connectivity index is 2.05. The van der Waals surface area contributed by atoms with Crippen LogP contribution in [0.4, 0.5) is 0 Å². The summed E-state index contributed by atoms with van der Waals surface area (Å²) in [4.78, 5) is 29.8. The molecular formula is C22H28N3O7S-. The lowest BCUT2D eigenvalue weighted by atomic mass is 9.89. The minimum atomic E-state index is -2.46. The molecular weight excluding hydrogens is 450 g/mol. The third-order valence-electron chi connectivity index (χ3n) is 5.45. The quantitative estimate of drug-likeness (QED) is 0.403. The number of rotatable bonds is 10. The van der Waals surface area contributed by atoms with Crippen LogP contribution in [0.1, 0.15) is 42.2 Å². The highest BCUT2D eigenvalue weighted by atomic mass is 32.2. The second kappa shape index (κ2) is 10.9. The zero-order valence-corrected chi connectivity index (χ0v) is 19.9. The van der Waals surface area contributed by atoms with Crippen LogP contribution in [0.2, 0.25) is 0 Å². The molecule has 1 unspecified atom stereocenters. The highest BCUT2D eigenvalue weighted by Gasteiger charge is 2.30. The van der Waals surface area contributed by atoms with Gasteiger partial charge in [-0.3, -0.25) is 13.8 Å². The molecule has 1 aliphatic heterocycles. The molecule has 0 saturated carbocycles. The molecule has 10 nitrogen and oxygen atoms in total. The van der Waals surface area contributed by atoms with Crippen LogP contribution in [0.15, 0.2) is 23.1 Å². The van der Waals surface area contributed by atoms with Gasteiger partial charge in [0, 0.05) is 38.4 Å². The van der Waals surface area contributed by atoms with E-state index in [0.717, 1.165) is 5.56 Å². The summed E-state index contributed by atoms with van der Waals surface area (Å²) < 4.78 is 39.8. The van der Waals surface area contributed by atoms with Crippen molar-refractivity contribution in [2.24, 2.45) is 5.92 Å². The Morgan fingerprint density at radius 1 is 1.33 bits per heavy atom. The summed E-state index contributed by atoms with van der Waals surface area (Å²) in [7, 11) is 3.13. The fourth-order valence-electron chi connectivity index (χ4n) is 3.81.